The van der Waals surface area contributed by atoms with Crippen molar-refractivity contribution in [2.24, 2.45) is 5.73 Å². The average Bonchev–Trinajstić information content (AvgIpc) is 1.99. The molecule has 0 fully saturated rings. The normalized spacial score (nSPS) is 10.7. The second-order valence-electron chi connectivity index (χ2n) is 2.55. The van der Waals surface area contributed by atoms with Crippen LogP contribution in [0.4, 0.5) is 13.2 Å². The maximum absolute atomic E-state index is 11.8. The Labute approximate surface area is 95.6 Å². The van der Waals surface area contributed by atoms with Crippen LogP contribution >= 0.6 is 24.0 Å². The Morgan fingerprint density at radius 3 is 2.33 bits per heavy atom. The van der Waals surface area contributed by atoms with Crippen molar-refractivity contribution < 1.29 is 17.9 Å². The number of nitrogens with two attached hydrogens (primary N) is 1. The van der Waals surface area contributed by atoms with Crippen LogP contribution in [0.3, 0.4) is 0 Å². The van der Waals surface area contributed by atoms with Crippen LogP contribution in [0, 0.1) is 0 Å². The van der Waals surface area contributed by atoms with Crippen molar-refractivity contribution in [3.63, 3.8) is 0 Å². The second kappa shape index (κ2) is 5.44. The lowest BCUT2D eigenvalue weighted by atomic mass is 10.2. The topological polar surface area (TPSA) is 35.2 Å². The first-order chi connectivity index (χ1) is 6.40. The largest absolute Gasteiger partial charge is 0.573 e. The highest BCUT2D eigenvalue weighted by atomic mass is 35.5. The van der Waals surface area contributed by atoms with Gasteiger partial charge in [-0.15, -0.1) is 25.6 Å². The van der Waals surface area contributed by atoms with E-state index >= 15 is 0 Å². The van der Waals surface area contributed by atoms with Crippen molar-refractivity contribution >= 4 is 24.0 Å². The predicted octanol–water partition coefficient (Wildman–Crippen LogP) is 3.12. The van der Waals surface area contributed by atoms with Crippen LogP contribution in [0.2, 0.25) is 5.02 Å². The number of rotatable bonds is 2. The van der Waals surface area contributed by atoms with Gasteiger partial charge in [-0.3, -0.25) is 0 Å². The summed E-state index contributed by atoms with van der Waals surface area (Å²) in [5, 5.41) is 0.159. The maximum atomic E-state index is 11.8. The Kier molecular flexibility index (Phi) is 5.20. The molecule has 0 amide bonds. The molecule has 0 aliphatic carbocycles. The Balaban J connectivity index is 0.00000196. The van der Waals surface area contributed by atoms with E-state index in [1.807, 2.05) is 0 Å². The van der Waals surface area contributed by atoms with Gasteiger partial charge in [0.2, 0.25) is 0 Å². The number of benzene rings is 1. The van der Waals surface area contributed by atoms with Crippen LogP contribution < -0.4 is 10.5 Å². The van der Waals surface area contributed by atoms with E-state index in [0.29, 0.717) is 5.56 Å². The lowest BCUT2D eigenvalue weighted by Crippen LogP contribution is -2.17. The Morgan fingerprint density at radius 1 is 1.27 bits per heavy atom. The molecular weight excluding hydrogens is 254 g/mol. The zero-order valence-electron chi connectivity index (χ0n) is 7.34. The molecule has 86 valence electrons. The number of halogens is 5. The first-order valence-corrected chi connectivity index (χ1v) is 4.04. The molecule has 0 radical (unpaired) electrons. The highest BCUT2D eigenvalue weighted by molar-refractivity contribution is 6.30. The van der Waals surface area contributed by atoms with Crippen molar-refractivity contribution in [1.29, 1.82) is 0 Å². The summed E-state index contributed by atoms with van der Waals surface area (Å²) < 4.78 is 39.1. The Morgan fingerprint density at radius 2 is 1.87 bits per heavy atom. The predicted molar refractivity (Wildman–Crippen MR) is 53.3 cm³/mol. The van der Waals surface area contributed by atoms with Gasteiger partial charge in [0.25, 0.3) is 0 Å². The summed E-state index contributed by atoms with van der Waals surface area (Å²) in [6.07, 6.45) is -4.71. The molecule has 1 aromatic carbocycles. The van der Waals surface area contributed by atoms with E-state index in [1.54, 1.807) is 0 Å². The van der Waals surface area contributed by atoms with Gasteiger partial charge in [-0.1, -0.05) is 11.6 Å². The van der Waals surface area contributed by atoms with Crippen LogP contribution in [0.1, 0.15) is 5.56 Å². The van der Waals surface area contributed by atoms with E-state index in [1.165, 1.54) is 12.1 Å². The SMILES string of the molecule is Cl.NCc1cc(Cl)cc(OC(F)(F)F)c1. The van der Waals surface area contributed by atoms with Crippen molar-refractivity contribution in [2.75, 3.05) is 0 Å². The zero-order chi connectivity index (χ0) is 10.8. The standard InChI is InChI=1S/C8H7ClF3NO.ClH/c9-6-1-5(4-13)2-7(3-6)14-8(10,11)12;/h1-3H,4,13H2;1H. The Hall–Kier alpha value is -0.650. The van der Waals surface area contributed by atoms with Gasteiger partial charge in [-0.05, 0) is 23.8 Å². The summed E-state index contributed by atoms with van der Waals surface area (Å²) in [6.45, 7) is 0.106. The van der Waals surface area contributed by atoms with Crippen LogP contribution in [-0.2, 0) is 6.54 Å². The molecule has 0 aliphatic heterocycles. The van der Waals surface area contributed by atoms with E-state index < -0.39 is 6.36 Å². The van der Waals surface area contributed by atoms with E-state index in [0.717, 1.165) is 6.07 Å². The molecule has 2 N–H and O–H groups in total. The molecule has 7 heteroatoms. The Bertz CT molecular complexity index is 330. The molecule has 1 rings (SSSR count). The molecular formula is C8H8Cl2F3NO. The molecule has 0 bridgehead atoms. The highest BCUT2D eigenvalue weighted by Crippen LogP contribution is 2.26. The highest BCUT2D eigenvalue weighted by Gasteiger charge is 2.31. The van der Waals surface area contributed by atoms with Gasteiger partial charge >= 0.3 is 6.36 Å². The van der Waals surface area contributed by atoms with Crippen molar-refractivity contribution in [1.82, 2.24) is 0 Å². The van der Waals surface area contributed by atoms with Crippen molar-refractivity contribution in [2.45, 2.75) is 12.9 Å². The molecule has 0 saturated heterocycles. The molecule has 0 unspecified atom stereocenters. The van der Waals surface area contributed by atoms with Crippen molar-refractivity contribution in [3.05, 3.63) is 28.8 Å². The monoisotopic (exact) mass is 261 g/mol. The van der Waals surface area contributed by atoms with Crippen molar-refractivity contribution in [3.8, 4) is 5.75 Å². The molecule has 15 heavy (non-hydrogen) atoms. The van der Waals surface area contributed by atoms with Gasteiger partial charge in [0, 0.05) is 11.6 Å². The second-order valence-corrected chi connectivity index (χ2v) is 2.98. The van der Waals surface area contributed by atoms with Gasteiger partial charge in [-0.2, -0.15) is 0 Å². The van der Waals surface area contributed by atoms with E-state index in [9.17, 15) is 13.2 Å². The molecule has 2 nitrogen and oxygen atoms in total. The molecule has 0 atom stereocenters. The summed E-state index contributed by atoms with van der Waals surface area (Å²) in [4.78, 5) is 0. The van der Waals surface area contributed by atoms with Crippen LogP contribution in [0.25, 0.3) is 0 Å². The third-order valence-electron chi connectivity index (χ3n) is 1.40. The molecule has 0 spiro atoms. The molecule has 1 aromatic rings. The van der Waals surface area contributed by atoms with E-state index in [4.69, 9.17) is 17.3 Å². The fourth-order valence-corrected chi connectivity index (χ4v) is 1.18. The summed E-state index contributed by atoms with van der Waals surface area (Å²) in [6, 6.07) is 3.75. The van der Waals surface area contributed by atoms with Crippen LogP contribution in [-0.4, -0.2) is 6.36 Å². The maximum Gasteiger partial charge on any atom is 0.573 e. The van der Waals surface area contributed by atoms with Gasteiger partial charge in [0.15, 0.2) is 0 Å². The van der Waals surface area contributed by atoms with Gasteiger partial charge in [-0.25, -0.2) is 0 Å². The van der Waals surface area contributed by atoms with Crippen LogP contribution in [0.15, 0.2) is 18.2 Å². The van der Waals surface area contributed by atoms with E-state index in [2.05, 4.69) is 4.74 Å². The minimum Gasteiger partial charge on any atom is -0.406 e. The number of hydrogen-bond acceptors (Lipinski definition) is 2. The van der Waals surface area contributed by atoms with Gasteiger partial charge in [0.1, 0.15) is 5.75 Å². The van der Waals surface area contributed by atoms with E-state index in [-0.39, 0.29) is 29.7 Å². The number of ether oxygens (including phenoxy) is 1. The zero-order valence-corrected chi connectivity index (χ0v) is 8.92. The smallest absolute Gasteiger partial charge is 0.406 e. The summed E-state index contributed by atoms with van der Waals surface area (Å²) in [5.41, 5.74) is 5.74. The number of alkyl halides is 3. The first-order valence-electron chi connectivity index (χ1n) is 3.66. The third-order valence-corrected chi connectivity index (χ3v) is 1.62. The number of hydrogen-bond donors (Lipinski definition) is 1. The van der Waals surface area contributed by atoms with Gasteiger partial charge in [0.05, 0.1) is 0 Å². The third kappa shape index (κ3) is 5.11. The molecule has 0 aliphatic rings. The molecule has 0 saturated carbocycles. The minimum atomic E-state index is -4.71. The molecule has 0 aromatic heterocycles. The van der Waals surface area contributed by atoms with Crippen LogP contribution in [0.5, 0.6) is 5.75 Å². The fourth-order valence-electron chi connectivity index (χ4n) is 0.931. The molecule has 0 heterocycles. The quantitative estimate of drug-likeness (QED) is 0.888. The lowest BCUT2D eigenvalue weighted by Gasteiger charge is -2.10. The fraction of sp³-hybridized carbons (Fsp3) is 0.250. The van der Waals surface area contributed by atoms with Gasteiger partial charge < -0.3 is 10.5 Å². The summed E-state index contributed by atoms with van der Waals surface area (Å²) in [7, 11) is 0. The minimum absolute atomic E-state index is 0. The summed E-state index contributed by atoms with van der Waals surface area (Å²) >= 11 is 5.55. The summed E-state index contributed by atoms with van der Waals surface area (Å²) in [5.74, 6) is -0.356. The average molecular weight is 262 g/mol. The lowest BCUT2D eigenvalue weighted by molar-refractivity contribution is -0.274. The first kappa shape index (κ1) is 14.3.